The van der Waals surface area contributed by atoms with Crippen LogP contribution >= 0.6 is 0 Å². The van der Waals surface area contributed by atoms with Gasteiger partial charge in [-0.1, -0.05) is 0 Å². The summed E-state index contributed by atoms with van der Waals surface area (Å²) < 4.78 is 15.1. The highest BCUT2D eigenvalue weighted by molar-refractivity contribution is 5.99. The van der Waals surface area contributed by atoms with Crippen LogP contribution in [-0.2, 0) is 19.0 Å². The molecule has 0 aliphatic carbocycles. The van der Waals surface area contributed by atoms with Crippen LogP contribution in [0.25, 0.3) is 0 Å². The van der Waals surface area contributed by atoms with Crippen LogP contribution in [0.5, 0.6) is 0 Å². The van der Waals surface area contributed by atoms with E-state index in [2.05, 4.69) is 15.0 Å². The molecule has 2 N–H and O–H groups in total. The van der Waals surface area contributed by atoms with Gasteiger partial charge in [-0.3, -0.25) is 4.79 Å². The Morgan fingerprint density at radius 1 is 1.29 bits per heavy atom. The van der Waals surface area contributed by atoms with Gasteiger partial charge in [0.2, 0.25) is 0 Å². The van der Waals surface area contributed by atoms with Gasteiger partial charge in [0.15, 0.2) is 6.61 Å². The fourth-order valence-electron chi connectivity index (χ4n) is 2.65. The monoisotopic (exact) mass is 338 g/mol. The normalized spacial score (nSPS) is 16.7. The summed E-state index contributed by atoms with van der Waals surface area (Å²) >= 11 is 0. The van der Waals surface area contributed by atoms with Crippen molar-refractivity contribution in [2.75, 3.05) is 26.9 Å². The number of amides is 1. The molecule has 1 fully saturated rings. The largest absolute Gasteiger partial charge is 0.465 e. The third-order valence-electron chi connectivity index (χ3n) is 3.92. The lowest BCUT2D eigenvalue weighted by molar-refractivity contribution is -0.124. The molecule has 132 valence electrons. The summed E-state index contributed by atoms with van der Waals surface area (Å²) in [6.07, 6.45) is 1.93. The summed E-state index contributed by atoms with van der Waals surface area (Å²) in [6.45, 7) is 4.00. The first kappa shape index (κ1) is 18.0. The molecule has 1 aliphatic rings. The maximum atomic E-state index is 12.1. The molecule has 1 saturated heterocycles. The lowest BCUT2D eigenvalue weighted by Gasteiger charge is -2.10. The number of aromatic amines is 1. The molecule has 0 bridgehead atoms. The molecule has 8 nitrogen and oxygen atoms in total. The van der Waals surface area contributed by atoms with E-state index in [9.17, 15) is 14.4 Å². The molecule has 0 aromatic carbocycles. The van der Waals surface area contributed by atoms with Gasteiger partial charge in [0.25, 0.3) is 5.91 Å². The summed E-state index contributed by atoms with van der Waals surface area (Å²) in [5, 5.41) is 2.66. The first-order chi connectivity index (χ1) is 11.4. The standard InChI is InChI=1S/C16H22N2O6/c1-9-13(15(20)22-3)10(2)18-14(9)16(21)24-8-12(19)17-7-11-5-4-6-23-11/h11,18H,4-8H2,1-3H3,(H,17,19)/t11-/m1/s1. The number of hydrogen-bond donors (Lipinski definition) is 2. The number of H-pyrrole nitrogens is 1. The molecule has 0 radical (unpaired) electrons. The second-order valence-corrected chi connectivity index (χ2v) is 5.63. The molecule has 24 heavy (non-hydrogen) atoms. The fraction of sp³-hybridized carbons (Fsp3) is 0.562. The van der Waals surface area contributed by atoms with E-state index in [-0.39, 0.29) is 11.8 Å². The van der Waals surface area contributed by atoms with Crippen LogP contribution in [0.1, 0.15) is 44.9 Å². The number of ether oxygens (including phenoxy) is 3. The molecule has 1 amide bonds. The Hall–Kier alpha value is -2.35. The van der Waals surface area contributed by atoms with E-state index in [1.54, 1.807) is 13.8 Å². The number of carbonyl (C=O) groups excluding carboxylic acids is 3. The molecule has 0 unspecified atom stereocenters. The number of nitrogens with one attached hydrogen (secondary N) is 2. The average Bonchev–Trinajstić information content (AvgIpc) is 3.18. The lowest BCUT2D eigenvalue weighted by atomic mass is 10.1. The molecule has 2 heterocycles. The number of rotatable bonds is 6. The molecular weight excluding hydrogens is 316 g/mol. The van der Waals surface area contributed by atoms with Crippen LogP contribution in [-0.4, -0.2) is 55.8 Å². The highest BCUT2D eigenvalue weighted by Gasteiger charge is 2.24. The highest BCUT2D eigenvalue weighted by Crippen LogP contribution is 2.19. The van der Waals surface area contributed by atoms with Gasteiger partial charge in [-0.05, 0) is 32.3 Å². The van der Waals surface area contributed by atoms with Crippen LogP contribution in [0, 0.1) is 13.8 Å². The fourth-order valence-corrected chi connectivity index (χ4v) is 2.65. The van der Waals surface area contributed by atoms with Crippen molar-refractivity contribution in [2.45, 2.75) is 32.8 Å². The molecule has 1 atom stereocenters. The molecule has 2 rings (SSSR count). The minimum absolute atomic E-state index is 0.0283. The smallest absolute Gasteiger partial charge is 0.355 e. The van der Waals surface area contributed by atoms with Gasteiger partial charge in [-0.2, -0.15) is 0 Å². The van der Waals surface area contributed by atoms with Gasteiger partial charge in [0, 0.05) is 18.8 Å². The number of carbonyl (C=O) groups is 3. The third-order valence-corrected chi connectivity index (χ3v) is 3.92. The second-order valence-electron chi connectivity index (χ2n) is 5.63. The van der Waals surface area contributed by atoms with Gasteiger partial charge in [-0.25, -0.2) is 9.59 Å². The number of esters is 2. The van der Waals surface area contributed by atoms with E-state index < -0.39 is 24.5 Å². The van der Waals surface area contributed by atoms with Crippen molar-refractivity contribution in [2.24, 2.45) is 0 Å². The zero-order valence-electron chi connectivity index (χ0n) is 14.1. The van der Waals surface area contributed by atoms with Crippen LogP contribution < -0.4 is 5.32 Å². The van der Waals surface area contributed by atoms with E-state index in [0.717, 1.165) is 12.8 Å². The van der Waals surface area contributed by atoms with Crippen LogP contribution in [0.15, 0.2) is 0 Å². The third kappa shape index (κ3) is 4.14. The van der Waals surface area contributed by atoms with Crippen molar-refractivity contribution in [3.05, 3.63) is 22.5 Å². The molecule has 1 aliphatic heterocycles. The Morgan fingerprint density at radius 2 is 2.04 bits per heavy atom. The predicted octanol–water partition coefficient (Wildman–Crippen LogP) is 0.870. The summed E-state index contributed by atoms with van der Waals surface area (Å²) in [6, 6.07) is 0. The Kier molecular flexibility index (Phi) is 5.97. The Labute approximate surface area is 139 Å². The lowest BCUT2D eigenvalue weighted by Crippen LogP contribution is -2.34. The SMILES string of the molecule is COC(=O)c1c(C)[nH]c(C(=O)OCC(=O)NC[C@H]2CCCO2)c1C. The topological polar surface area (TPSA) is 107 Å². The van der Waals surface area contributed by atoms with E-state index in [0.29, 0.717) is 30.0 Å². The quantitative estimate of drug-likeness (QED) is 0.746. The molecule has 1 aromatic heterocycles. The van der Waals surface area contributed by atoms with Gasteiger partial charge < -0.3 is 24.5 Å². The van der Waals surface area contributed by atoms with Gasteiger partial charge in [0.1, 0.15) is 5.69 Å². The summed E-state index contributed by atoms with van der Waals surface area (Å²) in [5.74, 6) is -1.62. The first-order valence-corrected chi connectivity index (χ1v) is 7.77. The molecule has 0 spiro atoms. The highest BCUT2D eigenvalue weighted by atomic mass is 16.5. The van der Waals surface area contributed by atoms with Gasteiger partial charge >= 0.3 is 11.9 Å². The number of methoxy groups -OCH3 is 1. The maximum Gasteiger partial charge on any atom is 0.355 e. The Morgan fingerprint density at radius 3 is 2.67 bits per heavy atom. The number of aromatic nitrogens is 1. The number of hydrogen-bond acceptors (Lipinski definition) is 6. The van der Waals surface area contributed by atoms with Crippen molar-refractivity contribution < 1.29 is 28.6 Å². The van der Waals surface area contributed by atoms with Crippen molar-refractivity contribution >= 4 is 17.8 Å². The average molecular weight is 338 g/mol. The maximum absolute atomic E-state index is 12.1. The molecule has 1 aromatic rings. The Balaban J connectivity index is 1.88. The minimum Gasteiger partial charge on any atom is -0.465 e. The summed E-state index contributed by atoms with van der Waals surface area (Å²) in [5.41, 5.74) is 1.38. The van der Waals surface area contributed by atoms with Crippen molar-refractivity contribution in [1.82, 2.24) is 10.3 Å². The predicted molar refractivity (Wildman–Crippen MR) is 83.9 cm³/mol. The second kappa shape index (κ2) is 7.96. The first-order valence-electron chi connectivity index (χ1n) is 7.77. The Bertz CT molecular complexity index is 631. The molecular formula is C16H22N2O6. The zero-order chi connectivity index (χ0) is 17.7. The van der Waals surface area contributed by atoms with Crippen LogP contribution in [0.4, 0.5) is 0 Å². The van der Waals surface area contributed by atoms with Crippen molar-refractivity contribution in [3.8, 4) is 0 Å². The summed E-state index contributed by atoms with van der Waals surface area (Å²) in [7, 11) is 1.27. The van der Waals surface area contributed by atoms with Crippen LogP contribution in [0.3, 0.4) is 0 Å². The number of aryl methyl sites for hydroxylation is 1. The van der Waals surface area contributed by atoms with E-state index in [1.165, 1.54) is 7.11 Å². The van der Waals surface area contributed by atoms with Gasteiger partial charge in [0.05, 0.1) is 18.8 Å². The minimum atomic E-state index is -0.696. The van der Waals surface area contributed by atoms with E-state index in [1.807, 2.05) is 0 Å². The molecule has 0 saturated carbocycles. The molecule has 8 heteroatoms. The van der Waals surface area contributed by atoms with E-state index in [4.69, 9.17) is 9.47 Å². The van der Waals surface area contributed by atoms with Crippen LogP contribution in [0.2, 0.25) is 0 Å². The summed E-state index contributed by atoms with van der Waals surface area (Å²) in [4.78, 5) is 38.3. The van der Waals surface area contributed by atoms with Crippen molar-refractivity contribution in [1.29, 1.82) is 0 Å². The van der Waals surface area contributed by atoms with E-state index >= 15 is 0 Å². The zero-order valence-corrected chi connectivity index (χ0v) is 14.1. The van der Waals surface area contributed by atoms with Gasteiger partial charge in [-0.15, -0.1) is 0 Å². The van der Waals surface area contributed by atoms with Crippen molar-refractivity contribution in [3.63, 3.8) is 0 Å².